The number of hydrogen-bond donors (Lipinski definition) is 1. The van der Waals surface area contributed by atoms with Gasteiger partial charge in [-0.25, -0.2) is 0 Å². The second-order valence-corrected chi connectivity index (χ2v) is 9.07. The Morgan fingerprint density at radius 1 is 0.941 bits per heavy atom. The van der Waals surface area contributed by atoms with E-state index in [9.17, 15) is 9.59 Å². The largest absolute Gasteiger partial charge is 0.484 e. The molecule has 3 rings (SSSR count). The Labute approximate surface area is 210 Å². The maximum atomic E-state index is 13.5. The van der Waals surface area contributed by atoms with Crippen molar-refractivity contribution in [2.75, 3.05) is 6.61 Å². The molecule has 34 heavy (non-hydrogen) atoms. The van der Waals surface area contributed by atoms with Crippen molar-refractivity contribution < 1.29 is 14.3 Å². The van der Waals surface area contributed by atoms with Gasteiger partial charge in [-0.3, -0.25) is 9.59 Å². The van der Waals surface area contributed by atoms with Crippen molar-refractivity contribution in [3.05, 3.63) is 100 Å². The third kappa shape index (κ3) is 7.51. The smallest absolute Gasteiger partial charge is 0.261 e. The molecule has 178 valence electrons. The average molecular weight is 499 g/mol. The van der Waals surface area contributed by atoms with Gasteiger partial charge in [-0.05, 0) is 49.2 Å². The maximum absolute atomic E-state index is 13.5. The van der Waals surface area contributed by atoms with Crippen molar-refractivity contribution in [1.82, 2.24) is 10.2 Å². The van der Waals surface area contributed by atoms with E-state index in [1.807, 2.05) is 62.4 Å². The zero-order valence-corrected chi connectivity index (χ0v) is 20.7. The topological polar surface area (TPSA) is 58.6 Å². The predicted octanol–water partition coefficient (Wildman–Crippen LogP) is 5.54. The molecule has 2 amide bonds. The lowest BCUT2D eigenvalue weighted by atomic mass is 10.0. The van der Waals surface area contributed by atoms with E-state index in [4.69, 9.17) is 27.9 Å². The molecule has 0 bridgehead atoms. The highest BCUT2D eigenvalue weighted by molar-refractivity contribution is 6.35. The lowest BCUT2D eigenvalue weighted by molar-refractivity contribution is -0.143. The Hall–Kier alpha value is -3.02. The molecule has 1 atom stereocenters. The van der Waals surface area contributed by atoms with E-state index in [1.165, 1.54) is 4.90 Å². The quantitative estimate of drug-likeness (QED) is 0.399. The minimum atomic E-state index is -0.761. The number of ether oxygens (including phenoxy) is 1. The first-order valence-electron chi connectivity index (χ1n) is 11.1. The highest BCUT2D eigenvalue weighted by Gasteiger charge is 2.31. The van der Waals surface area contributed by atoms with Gasteiger partial charge < -0.3 is 15.0 Å². The molecule has 1 N–H and O–H groups in total. The summed E-state index contributed by atoms with van der Waals surface area (Å²) in [6, 6.07) is 23.0. The summed E-state index contributed by atoms with van der Waals surface area (Å²) in [6.07, 6.45) is 0.349. The van der Waals surface area contributed by atoms with Crippen LogP contribution in [0.3, 0.4) is 0 Å². The Balaban J connectivity index is 1.93. The minimum Gasteiger partial charge on any atom is -0.484 e. The summed E-state index contributed by atoms with van der Waals surface area (Å²) < 4.78 is 5.72. The summed E-state index contributed by atoms with van der Waals surface area (Å²) in [6.45, 7) is 3.70. The van der Waals surface area contributed by atoms with E-state index in [1.54, 1.807) is 30.3 Å². The number of rotatable bonds is 10. The van der Waals surface area contributed by atoms with Crippen LogP contribution in [0.2, 0.25) is 10.0 Å². The van der Waals surface area contributed by atoms with Crippen molar-refractivity contribution in [3.63, 3.8) is 0 Å². The van der Waals surface area contributed by atoms with Crippen LogP contribution in [0.4, 0.5) is 0 Å². The highest BCUT2D eigenvalue weighted by atomic mass is 35.5. The zero-order chi connectivity index (χ0) is 24.5. The van der Waals surface area contributed by atoms with Gasteiger partial charge in [-0.1, -0.05) is 77.8 Å². The second kappa shape index (κ2) is 12.4. The summed E-state index contributed by atoms with van der Waals surface area (Å²) in [7, 11) is 0. The van der Waals surface area contributed by atoms with Crippen molar-refractivity contribution in [2.24, 2.45) is 0 Å². The average Bonchev–Trinajstić information content (AvgIpc) is 2.82. The van der Waals surface area contributed by atoms with Crippen molar-refractivity contribution >= 4 is 35.0 Å². The van der Waals surface area contributed by atoms with Gasteiger partial charge >= 0.3 is 0 Å². The number of para-hydroxylation sites is 1. The fraction of sp³-hybridized carbons (Fsp3) is 0.259. The summed E-state index contributed by atoms with van der Waals surface area (Å²) in [5.41, 5.74) is 1.63. The van der Waals surface area contributed by atoms with E-state index in [-0.39, 0.29) is 31.0 Å². The Morgan fingerprint density at radius 2 is 1.59 bits per heavy atom. The number of nitrogens with zero attached hydrogens (tertiary/aromatic N) is 1. The standard InChI is InChI=1S/C27H28Cl2N2O3/c1-19(2)30-27(33)25(15-20-9-5-3-6-10-20)31(17-21-13-14-22(28)16-24(21)29)26(32)18-34-23-11-7-4-8-12-23/h3-14,16,19,25H,15,17-18H2,1-2H3,(H,30,33). The molecule has 0 saturated carbocycles. The molecule has 5 nitrogen and oxygen atoms in total. The van der Waals surface area contributed by atoms with Crippen LogP contribution in [0.15, 0.2) is 78.9 Å². The number of carbonyl (C=O) groups is 2. The monoisotopic (exact) mass is 498 g/mol. The number of halogens is 2. The number of benzene rings is 3. The number of hydrogen-bond acceptors (Lipinski definition) is 3. The van der Waals surface area contributed by atoms with E-state index in [0.29, 0.717) is 27.8 Å². The Bertz CT molecular complexity index is 1090. The van der Waals surface area contributed by atoms with Crippen molar-refractivity contribution in [1.29, 1.82) is 0 Å². The lowest BCUT2D eigenvalue weighted by Crippen LogP contribution is -2.52. The fourth-order valence-corrected chi connectivity index (χ4v) is 3.98. The SMILES string of the molecule is CC(C)NC(=O)C(Cc1ccccc1)N(Cc1ccc(Cl)cc1Cl)C(=O)COc1ccccc1. The molecule has 0 aromatic heterocycles. The van der Waals surface area contributed by atoms with Crippen LogP contribution >= 0.6 is 23.2 Å². The third-order valence-electron chi connectivity index (χ3n) is 5.16. The molecule has 0 aliphatic heterocycles. The van der Waals surface area contributed by atoms with Crippen LogP contribution in [0.25, 0.3) is 0 Å². The van der Waals surface area contributed by atoms with E-state index in [0.717, 1.165) is 5.56 Å². The highest BCUT2D eigenvalue weighted by Crippen LogP contribution is 2.24. The van der Waals surface area contributed by atoms with Gasteiger partial charge in [0.15, 0.2) is 6.61 Å². The van der Waals surface area contributed by atoms with Crippen LogP contribution in [-0.4, -0.2) is 35.4 Å². The van der Waals surface area contributed by atoms with Crippen LogP contribution in [0.5, 0.6) is 5.75 Å². The first kappa shape index (κ1) is 25.6. The van der Waals surface area contributed by atoms with Crippen LogP contribution < -0.4 is 10.1 Å². The molecule has 3 aromatic rings. The van der Waals surface area contributed by atoms with Crippen LogP contribution in [0.1, 0.15) is 25.0 Å². The first-order valence-corrected chi connectivity index (χ1v) is 11.8. The summed E-state index contributed by atoms with van der Waals surface area (Å²) >= 11 is 12.5. The molecular weight excluding hydrogens is 471 g/mol. The lowest BCUT2D eigenvalue weighted by Gasteiger charge is -2.32. The molecule has 0 spiro atoms. The normalized spacial score (nSPS) is 11.7. The van der Waals surface area contributed by atoms with Crippen molar-refractivity contribution in [2.45, 2.75) is 38.9 Å². The molecule has 0 aliphatic carbocycles. The third-order valence-corrected chi connectivity index (χ3v) is 5.75. The summed E-state index contributed by atoms with van der Waals surface area (Å²) in [4.78, 5) is 28.3. The maximum Gasteiger partial charge on any atom is 0.261 e. The van der Waals surface area contributed by atoms with Gasteiger partial charge in [-0.15, -0.1) is 0 Å². The zero-order valence-electron chi connectivity index (χ0n) is 19.2. The molecular formula is C27H28Cl2N2O3. The van der Waals surface area contributed by atoms with Gasteiger partial charge in [-0.2, -0.15) is 0 Å². The Kier molecular flexibility index (Phi) is 9.37. The fourth-order valence-electron chi connectivity index (χ4n) is 3.51. The van der Waals surface area contributed by atoms with Crippen LogP contribution in [-0.2, 0) is 22.6 Å². The summed E-state index contributed by atoms with van der Waals surface area (Å²) in [5, 5.41) is 3.88. The van der Waals surface area contributed by atoms with Gasteiger partial charge in [0.05, 0.1) is 0 Å². The predicted molar refractivity (Wildman–Crippen MR) is 136 cm³/mol. The summed E-state index contributed by atoms with van der Waals surface area (Å²) in [5.74, 6) is 0.0123. The second-order valence-electron chi connectivity index (χ2n) is 8.23. The Morgan fingerprint density at radius 3 is 2.21 bits per heavy atom. The van der Waals surface area contributed by atoms with E-state index < -0.39 is 6.04 Å². The van der Waals surface area contributed by atoms with Gasteiger partial charge in [0.2, 0.25) is 5.91 Å². The molecule has 0 aliphatic rings. The minimum absolute atomic E-state index is 0.0811. The van der Waals surface area contributed by atoms with E-state index >= 15 is 0 Å². The molecule has 1 unspecified atom stereocenters. The van der Waals surface area contributed by atoms with Gasteiger partial charge in [0, 0.05) is 29.1 Å². The molecule has 0 fully saturated rings. The molecule has 0 heterocycles. The number of nitrogens with one attached hydrogen (secondary N) is 1. The molecule has 3 aromatic carbocycles. The molecule has 0 saturated heterocycles. The van der Waals surface area contributed by atoms with Crippen LogP contribution in [0, 0.1) is 0 Å². The van der Waals surface area contributed by atoms with Gasteiger partial charge in [0.25, 0.3) is 5.91 Å². The molecule has 0 radical (unpaired) electrons. The molecule has 7 heteroatoms. The number of amides is 2. The van der Waals surface area contributed by atoms with Crippen molar-refractivity contribution in [3.8, 4) is 5.75 Å². The first-order chi connectivity index (χ1) is 16.3. The van der Waals surface area contributed by atoms with Gasteiger partial charge in [0.1, 0.15) is 11.8 Å². The number of carbonyl (C=O) groups excluding carboxylic acids is 2. The van der Waals surface area contributed by atoms with E-state index in [2.05, 4.69) is 5.32 Å².